The highest BCUT2D eigenvalue weighted by Crippen LogP contribution is 2.30. The summed E-state index contributed by atoms with van der Waals surface area (Å²) >= 11 is 1.09. The van der Waals surface area contributed by atoms with Gasteiger partial charge in [-0.3, -0.25) is 9.36 Å². The maximum atomic E-state index is 12.9. The normalized spacial score (nSPS) is 11.5. The number of carbonyl (C=O) groups excluding carboxylic acids is 1. The molecular weight excluding hydrogens is 370 g/mol. The van der Waals surface area contributed by atoms with Gasteiger partial charge in [-0.1, -0.05) is 11.8 Å². The maximum absolute atomic E-state index is 12.9. The lowest BCUT2D eigenvalue weighted by molar-refractivity contribution is -0.137. The van der Waals surface area contributed by atoms with E-state index in [-0.39, 0.29) is 11.5 Å². The number of halogens is 4. The number of hydrogen-bond donors (Lipinski definition) is 0. The van der Waals surface area contributed by atoms with Gasteiger partial charge < -0.3 is 0 Å². The lowest BCUT2D eigenvalue weighted by atomic mass is 10.1. The predicted molar refractivity (Wildman–Crippen MR) is 87.8 cm³/mol. The van der Waals surface area contributed by atoms with Crippen molar-refractivity contribution in [3.63, 3.8) is 0 Å². The molecule has 3 rings (SSSR count). The highest BCUT2D eigenvalue weighted by atomic mass is 32.2. The van der Waals surface area contributed by atoms with Gasteiger partial charge in [0, 0.05) is 11.3 Å². The van der Waals surface area contributed by atoms with E-state index in [9.17, 15) is 22.4 Å². The maximum Gasteiger partial charge on any atom is 0.416 e. The molecule has 0 radical (unpaired) electrons. The fraction of sp³-hybridized carbons (Fsp3) is 0.118. The first kappa shape index (κ1) is 18.1. The van der Waals surface area contributed by atoms with Crippen LogP contribution in [0.3, 0.4) is 0 Å². The highest BCUT2D eigenvalue weighted by molar-refractivity contribution is 7.99. The minimum absolute atomic E-state index is 0.0327. The van der Waals surface area contributed by atoms with Crippen LogP contribution in [0.5, 0.6) is 0 Å². The minimum Gasteiger partial charge on any atom is -0.293 e. The first-order valence-corrected chi connectivity index (χ1v) is 8.32. The number of benzene rings is 2. The van der Waals surface area contributed by atoms with Crippen LogP contribution >= 0.6 is 11.8 Å². The van der Waals surface area contributed by atoms with E-state index in [0.717, 1.165) is 23.9 Å². The van der Waals surface area contributed by atoms with Crippen molar-refractivity contribution < 1.29 is 22.4 Å². The van der Waals surface area contributed by atoms with E-state index >= 15 is 0 Å². The summed E-state index contributed by atoms with van der Waals surface area (Å²) in [6.07, 6.45) is -3.06. The zero-order valence-electron chi connectivity index (χ0n) is 13.1. The van der Waals surface area contributed by atoms with E-state index in [1.807, 2.05) is 0 Å². The molecule has 26 heavy (non-hydrogen) atoms. The molecular formula is C17H11F4N3OS. The van der Waals surface area contributed by atoms with Crippen LogP contribution in [0.1, 0.15) is 15.9 Å². The Morgan fingerprint density at radius 3 is 2.31 bits per heavy atom. The lowest BCUT2D eigenvalue weighted by Crippen LogP contribution is -2.06. The van der Waals surface area contributed by atoms with Crippen LogP contribution in [-0.2, 0) is 6.18 Å². The van der Waals surface area contributed by atoms with Gasteiger partial charge >= 0.3 is 6.18 Å². The molecule has 4 nitrogen and oxygen atoms in total. The quantitative estimate of drug-likeness (QED) is 0.373. The molecule has 0 unspecified atom stereocenters. The van der Waals surface area contributed by atoms with Crippen LogP contribution in [0.2, 0.25) is 0 Å². The number of rotatable bonds is 5. The summed E-state index contributed by atoms with van der Waals surface area (Å²) in [6, 6.07) is 9.71. The van der Waals surface area contributed by atoms with Crippen LogP contribution in [-0.4, -0.2) is 26.3 Å². The van der Waals surface area contributed by atoms with Gasteiger partial charge in [-0.15, -0.1) is 10.2 Å². The van der Waals surface area contributed by atoms with Crippen LogP contribution in [0.15, 0.2) is 60.0 Å². The molecule has 134 valence electrons. The van der Waals surface area contributed by atoms with Crippen molar-refractivity contribution in [2.45, 2.75) is 11.3 Å². The number of alkyl halides is 3. The Bertz CT molecular complexity index is 905. The predicted octanol–water partition coefficient (Wildman–Crippen LogP) is 4.40. The SMILES string of the molecule is O=C(CSc1nncn1-c1ccc(C(F)(F)F)cc1)c1ccc(F)cc1. The van der Waals surface area contributed by atoms with Crippen LogP contribution in [0, 0.1) is 5.82 Å². The smallest absolute Gasteiger partial charge is 0.293 e. The number of thioether (sulfide) groups is 1. The Hall–Kier alpha value is -2.68. The number of carbonyl (C=O) groups is 1. The molecule has 0 spiro atoms. The van der Waals surface area contributed by atoms with Gasteiger partial charge in [0.1, 0.15) is 12.1 Å². The molecule has 0 aliphatic carbocycles. The van der Waals surface area contributed by atoms with Crippen LogP contribution in [0.4, 0.5) is 17.6 Å². The third-order valence-corrected chi connectivity index (χ3v) is 4.43. The highest BCUT2D eigenvalue weighted by Gasteiger charge is 2.30. The Morgan fingerprint density at radius 1 is 1.04 bits per heavy atom. The minimum atomic E-state index is -4.41. The summed E-state index contributed by atoms with van der Waals surface area (Å²) in [5.41, 5.74) is 0.0502. The molecule has 0 N–H and O–H groups in total. The molecule has 9 heteroatoms. The van der Waals surface area contributed by atoms with Crippen LogP contribution in [0.25, 0.3) is 5.69 Å². The first-order chi connectivity index (χ1) is 12.3. The van der Waals surface area contributed by atoms with Gasteiger partial charge in [0.05, 0.1) is 11.3 Å². The van der Waals surface area contributed by atoms with Gasteiger partial charge in [-0.05, 0) is 48.5 Å². The second kappa shape index (κ2) is 7.28. The van der Waals surface area contributed by atoms with Crippen molar-refractivity contribution >= 4 is 17.5 Å². The molecule has 0 bridgehead atoms. The molecule has 0 saturated carbocycles. The van der Waals surface area contributed by atoms with E-state index < -0.39 is 17.6 Å². The Labute approximate surface area is 149 Å². The number of aromatic nitrogens is 3. The summed E-state index contributed by atoms with van der Waals surface area (Å²) in [7, 11) is 0. The summed E-state index contributed by atoms with van der Waals surface area (Å²) in [5.74, 6) is -0.626. The van der Waals surface area contributed by atoms with Crippen molar-refractivity contribution in [3.8, 4) is 5.69 Å². The molecule has 0 fully saturated rings. The van der Waals surface area contributed by atoms with Gasteiger partial charge in [-0.2, -0.15) is 13.2 Å². The Kier molecular flexibility index (Phi) is 5.08. The first-order valence-electron chi connectivity index (χ1n) is 7.34. The second-order valence-electron chi connectivity index (χ2n) is 5.25. The third-order valence-electron chi connectivity index (χ3n) is 3.49. The fourth-order valence-corrected chi connectivity index (χ4v) is 2.98. The standard InChI is InChI=1S/C17H11F4N3OS/c18-13-5-1-11(2-6-13)15(25)9-26-16-23-22-10-24(16)14-7-3-12(4-8-14)17(19,20)21/h1-8,10H,9H2. The van der Waals surface area contributed by atoms with Gasteiger partial charge in [0.2, 0.25) is 0 Å². The lowest BCUT2D eigenvalue weighted by Gasteiger charge is -2.09. The average molecular weight is 381 g/mol. The molecule has 0 aliphatic rings. The Balaban J connectivity index is 1.72. The molecule has 1 heterocycles. The van der Waals surface area contributed by atoms with Gasteiger partial charge in [0.25, 0.3) is 0 Å². The van der Waals surface area contributed by atoms with Gasteiger partial charge in [0.15, 0.2) is 10.9 Å². The van der Waals surface area contributed by atoms with Crippen molar-refractivity contribution in [2.24, 2.45) is 0 Å². The second-order valence-corrected chi connectivity index (χ2v) is 6.19. The van der Waals surface area contributed by atoms with Gasteiger partial charge in [-0.25, -0.2) is 4.39 Å². The van der Waals surface area contributed by atoms with E-state index in [0.29, 0.717) is 16.4 Å². The summed E-state index contributed by atoms with van der Waals surface area (Å²) in [6.45, 7) is 0. The zero-order chi connectivity index (χ0) is 18.7. The molecule has 0 atom stereocenters. The van der Waals surface area contributed by atoms with Crippen molar-refractivity contribution in [1.82, 2.24) is 14.8 Å². The number of nitrogens with zero attached hydrogens (tertiary/aromatic N) is 3. The average Bonchev–Trinajstić information content (AvgIpc) is 3.08. The monoisotopic (exact) mass is 381 g/mol. The third kappa shape index (κ3) is 4.10. The molecule has 0 aliphatic heterocycles. The number of Topliss-reactive ketones (excluding diaryl/α,β-unsaturated/α-hetero) is 1. The zero-order valence-corrected chi connectivity index (χ0v) is 13.9. The number of ketones is 1. The van der Waals surface area contributed by atoms with E-state index in [4.69, 9.17) is 0 Å². The topological polar surface area (TPSA) is 47.8 Å². The van der Waals surface area contributed by atoms with Crippen molar-refractivity contribution in [3.05, 3.63) is 71.8 Å². The number of hydrogen-bond acceptors (Lipinski definition) is 4. The van der Waals surface area contributed by atoms with Crippen LogP contribution < -0.4 is 0 Å². The van der Waals surface area contributed by atoms with Crippen molar-refractivity contribution in [1.29, 1.82) is 0 Å². The summed E-state index contributed by atoms with van der Waals surface area (Å²) < 4.78 is 52.3. The molecule has 1 aromatic heterocycles. The van der Waals surface area contributed by atoms with Crippen molar-refractivity contribution in [2.75, 3.05) is 5.75 Å². The molecule has 0 amide bonds. The fourth-order valence-electron chi connectivity index (χ4n) is 2.16. The largest absolute Gasteiger partial charge is 0.416 e. The summed E-state index contributed by atoms with van der Waals surface area (Å²) in [4.78, 5) is 12.1. The summed E-state index contributed by atoms with van der Waals surface area (Å²) in [5, 5.41) is 7.99. The molecule has 2 aromatic carbocycles. The van der Waals surface area contributed by atoms with E-state index in [1.54, 1.807) is 0 Å². The Morgan fingerprint density at radius 2 is 1.69 bits per heavy atom. The molecule has 3 aromatic rings. The van der Waals surface area contributed by atoms with E-state index in [2.05, 4.69) is 10.2 Å². The molecule has 0 saturated heterocycles. The van der Waals surface area contributed by atoms with E-state index in [1.165, 1.54) is 47.3 Å².